The summed E-state index contributed by atoms with van der Waals surface area (Å²) in [4.78, 5) is 20.8. The Labute approximate surface area is 177 Å². The molecular weight excluding hydrogens is 401 g/mol. The fourth-order valence-corrected chi connectivity index (χ4v) is 4.04. The smallest absolute Gasteiger partial charge is 0.237 e. The summed E-state index contributed by atoms with van der Waals surface area (Å²) < 4.78 is 20.8. The number of anilines is 3. The molecule has 2 atom stereocenters. The Morgan fingerprint density at radius 2 is 2.19 bits per heavy atom. The van der Waals surface area contributed by atoms with Crippen LogP contribution >= 0.6 is 0 Å². The number of nitrogens with two attached hydrogens (primary N) is 1. The van der Waals surface area contributed by atoms with Crippen LogP contribution in [0.1, 0.15) is 12.0 Å². The van der Waals surface area contributed by atoms with Crippen molar-refractivity contribution in [2.24, 2.45) is 11.8 Å². The lowest BCUT2D eigenvalue weighted by atomic mass is 9.97. The van der Waals surface area contributed by atoms with Crippen LogP contribution in [0.2, 0.25) is 0 Å². The van der Waals surface area contributed by atoms with Crippen molar-refractivity contribution in [1.82, 2.24) is 9.97 Å². The van der Waals surface area contributed by atoms with Crippen LogP contribution in [0.25, 0.3) is 21.9 Å². The minimum absolute atomic E-state index is 0.00350. The molecule has 9 heteroatoms. The van der Waals surface area contributed by atoms with Gasteiger partial charge in [0.1, 0.15) is 18.1 Å². The molecule has 3 aromatic rings. The molecule has 2 unspecified atom stereocenters. The molecule has 0 radical (unpaired) electrons. The van der Waals surface area contributed by atoms with Gasteiger partial charge >= 0.3 is 0 Å². The van der Waals surface area contributed by atoms with Gasteiger partial charge in [-0.15, -0.1) is 0 Å². The number of halogens is 1. The van der Waals surface area contributed by atoms with Crippen molar-refractivity contribution >= 4 is 33.9 Å². The molecule has 0 bridgehead atoms. The third-order valence-electron chi connectivity index (χ3n) is 5.98. The van der Waals surface area contributed by atoms with Crippen LogP contribution in [0.15, 0.2) is 24.5 Å². The predicted molar refractivity (Wildman–Crippen MR) is 115 cm³/mol. The topological polar surface area (TPSA) is 122 Å². The first-order valence-electron chi connectivity index (χ1n) is 10.1. The molecule has 160 valence electrons. The van der Waals surface area contributed by atoms with E-state index in [1.807, 2.05) is 6.92 Å². The summed E-state index contributed by atoms with van der Waals surface area (Å²) in [5, 5.41) is 16.3. The highest BCUT2D eigenvalue weighted by Crippen LogP contribution is 2.40. The maximum absolute atomic E-state index is 15.2. The molecule has 1 aliphatic carbocycles. The van der Waals surface area contributed by atoms with E-state index in [0.29, 0.717) is 53.2 Å². The molecule has 1 fully saturated rings. The van der Waals surface area contributed by atoms with Gasteiger partial charge in [-0.1, -0.05) is 0 Å². The Bertz CT molecular complexity index is 1220. The minimum Gasteiger partial charge on any atom is -0.474 e. The Balaban J connectivity index is 1.55. The highest BCUT2D eigenvalue weighted by Gasteiger charge is 2.42. The van der Waals surface area contributed by atoms with Crippen LogP contribution in [-0.2, 0) is 4.79 Å². The SMILES string of the molecule is Cc1c(-c2cc3cc(NC(=O)C4CC4CO)ncc3c(N)c2F)cnc2c1NCCO2. The fourth-order valence-electron chi connectivity index (χ4n) is 4.04. The zero-order valence-corrected chi connectivity index (χ0v) is 16.9. The number of amides is 1. The van der Waals surface area contributed by atoms with Gasteiger partial charge in [-0.25, -0.2) is 14.4 Å². The number of benzene rings is 1. The molecule has 0 spiro atoms. The van der Waals surface area contributed by atoms with Crippen LogP contribution in [0.4, 0.5) is 21.6 Å². The number of carbonyl (C=O) groups is 1. The van der Waals surface area contributed by atoms with Gasteiger partial charge in [-0.05, 0) is 42.3 Å². The summed E-state index contributed by atoms with van der Waals surface area (Å²) in [6.45, 7) is 3.05. The van der Waals surface area contributed by atoms with Gasteiger partial charge in [0.05, 0.1) is 5.69 Å². The normalized spacial score (nSPS) is 19.3. The molecule has 8 nitrogen and oxygen atoms in total. The number of hydrogen-bond donors (Lipinski definition) is 4. The monoisotopic (exact) mass is 423 g/mol. The van der Waals surface area contributed by atoms with Crippen LogP contribution in [-0.4, -0.2) is 40.7 Å². The molecule has 2 aromatic heterocycles. The highest BCUT2D eigenvalue weighted by atomic mass is 19.1. The number of ether oxygens (including phenoxy) is 1. The van der Waals surface area contributed by atoms with E-state index in [-0.39, 0.29) is 30.0 Å². The Morgan fingerprint density at radius 3 is 2.97 bits per heavy atom. The van der Waals surface area contributed by atoms with Gasteiger partial charge < -0.3 is 26.2 Å². The molecule has 1 aromatic carbocycles. The van der Waals surface area contributed by atoms with Crippen LogP contribution < -0.4 is 21.1 Å². The third kappa shape index (κ3) is 3.31. The van der Waals surface area contributed by atoms with Gasteiger partial charge in [0, 0.05) is 48.0 Å². The number of hydrogen-bond acceptors (Lipinski definition) is 7. The zero-order valence-electron chi connectivity index (χ0n) is 16.9. The second kappa shape index (κ2) is 7.35. The van der Waals surface area contributed by atoms with Crippen molar-refractivity contribution in [2.75, 3.05) is 36.1 Å². The van der Waals surface area contributed by atoms with E-state index in [9.17, 15) is 4.79 Å². The maximum Gasteiger partial charge on any atom is 0.237 e. The van der Waals surface area contributed by atoms with Gasteiger partial charge in [0.25, 0.3) is 0 Å². The number of carbonyl (C=O) groups excluding carboxylic acids is 1. The number of aromatic nitrogens is 2. The standard InChI is InChI=1S/C22H22FN5O3/c1-10-15(7-27-22-20(10)25-2-3-31-22)14-4-11-6-17(26-8-16(11)19(24)18(14)23)28-21(30)13-5-12(13)9-29/h4,6-8,12-13,25,29H,2-3,5,9,24H2,1H3,(H,26,28,30). The lowest BCUT2D eigenvalue weighted by molar-refractivity contribution is -0.117. The van der Waals surface area contributed by atoms with Gasteiger partial charge in [-0.3, -0.25) is 4.79 Å². The molecule has 0 saturated heterocycles. The van der Waals surface area contributed by atoms with Crippen molar-refractivity contribution < 1.29 is 19.0 Å². The molecule has 2 aliphatic rings. The van der Waals surface area contributed by atoms with E-state index in [1.165, 1.54) is 6.20 Å². The molecule has 1 saturated carbocycles. The first kappa shape index (κ1) is 19.5. The molecular formula is C22H22FN5O3. The quantitative estimate of drug-likeness (QED) is 0.476. The average molecular weight is 423 g/mol. The first-order valence-corrected chi connectivity index (χ1v) is 10.1. The van der Waals surface area contributed by atoms with E-state index in [0.717, 1.165) is 11.3 Å². The second-order valence-corrected chi connectivity index (χ2v) is 7.97. The molecule has 5 rings (SSSR count). The summed E-state index contributed by atoms with van der Waals surface area (Å²) >= 11 is 0. The number of rotatable bonds is 4. The summed E-state index contributed by atoms with van der Waals surface area (Å²) in [5.74, 6) is -0.0619. The van der Waals surface area contributed by atoms with Crippen LogP contribution in [0.3, 0.4) is 0 Å². The van der Waals surface area contributed by atoms with E-state index in [1.54, 1.807) is 18.3 Å². The number of pyridine rings is 2. The summed E-state index contributed by atoms with van der Waals surface area (Å²) in [7, 11) is 0. The largest absolute Gasteiger partial charge is 0.474 e. The maximum atomic E-state index is 15.2. The summed E-state index contributed by atoms with van der Waals surface area (Å²) in [5.41, 5.74) is 8.56. The molecule has 31 heavy (non-hydrogen) atoms. The lowest BCUT2D eigenvalue weighted by Gasteiger charge is -2.22. The van der Waals surface area contributed by atoms with Gasteiger partial charge in [0.2, 0.25) is 11.8 Å². The zero-order chi connectivity index (χ0) is 21.7. The Morgan fingerprint density at radius 1 is 1.35 bits per heavy atom. The molecule has 3 heterocycles. The van der Waals surface area contributed by atoms with Crippen molar-refractivity contribution in [3.8, 4) is 17.0 Å². The van der Waals surface area contributed by atoms with Crippen LogP contribution in [0, 0.1) is 24.6 Å². The fraction of sp³-hybridized carbons (Fsp3) is 0.318. The average Bonchev–Trinajstić information content (AvgIpc) is 3.57. The molecule has 5 N–H and O–H groups in total. The Hall–Kier alpha value is -3.46. The predicted octanol–water partition coefficient (Wildman–Crippen LogP) is 2.70. The van der Waals surface area contributed by atoms with Crippen molar-refractivity contribution in [3.63, 3.8) is 0 Å². The first-order chi connectivity index (χ1) is 15.0. The molecule has 1 amide bonds. The highest BCUT2D eigenvalue weighted by molar-refractivity contribution is 6.00. The number of aliphatic hydroxyl groups is 1. The summed E-state index contributed by atoms with van der Waals surface area (Å²) in [6, 6.07) is 3.36. The third-order valence-corrected chi connectivity index (χ3v) is 5.98. The van der Waals surface area contributed by atoms with Crippen molar-refractivity contribution in [3.05, 3.63) is 35.9 Å². The number of aliphatic hydroxyl groups excluding tert-OH is 1. The number of nitrogens with zero attached hydrogens (tertiary/aromatic N) is 2. The second-order valence-electron chi connectivity index (χ2n) is 7.97. The number of nitrogen functional groups attached to an aromatic ring is 1. The lowest BCUT2D eigenvalue weighted by Crippen LogP contribution is -2.20. The number of fused-ring (bicyclic) bond motifs is 2. The van der Waals surface area contributed by atoms with E-state index < -0.39 is 5.82 Å². The van der Waals surface area contributed by atoms with E-state index >= 15 is 4.39 Å². The van der Waals surface area contributed by atoms with Gasteiger partial charge in [0.15, 0.2) is 5.82 Å². The Kier molecular flexibility index (Phi) is 4.62. The van der Waals surface area contributed by atoms with E-state index in [2.05, 4.69) is 20.6 Å². The van der Waals surface area contributed by atoms with Crippen molar-refractivity contribution in [2.45, 2.75) is 13.3 Å². The summed E-state index contributed by atoms with van der Waals surface area (Å²) in [6.07, 6.45) is 3.70. The minimum atomic E-state index is -0.545. The van der Waals surface area contributed by atoms with Crippen LogP contribution in [0.5, 0.6) is 5.88 Å². The number of nitrogens with one attached hydrogen (secondary N) is 2. The van der Waals surface area contributed by atoms with E-state index in [4.69, 9.17) is 15.6 Å². The van der Waals surface area contributed by atoms with Crippen molar-refractivity contribution in [1.29, 1.82) is 0 Å². The van der Waals surface area contributed by atoms with Gasteiger partial charge in [-0.2, -0.15) is 0 Å². The molecule has 1 aliphatic heterocycles.